The van der Waals surface area contributed by atoms with Gasteiger partial charge in [0.25, 0.3) is 0 Å². The van der Waals surface area contributed by atoms with Crippen molar-refractivity contribution in [1.29, 1.82) is 5.41 Å². The summed E-state index contributed by atoms with van der Waals surface area (Å²) in [6.45, 7) is 1.11. The van der Waals surface area contributed by atoms with Crippen molar-refractivity contribution in [3.8, 4) is 23.0 Å². The van der Waals surface area contributed by atoms with Crippen LogP contribution in [0.4, 0.5) is 0 Å². The van der Waals surface area contributed by atoms with Crippen molar-refractivity contribution in [3.63, 3.8) is 0 Å². The second kappa shape index (κ2) is 8.36. The molecule has 3 heterocycles. The average molecular weight is 411 g/mol. The van der Waals surface area contributed by atoms with Crippen molar-refractivity contribution >= 4 is 16.5 Å². The zero-order valence-electron chi connectivity index (χ0n) is 16.8. The standard InChI is InChI=1S/C25H21N3O3/c26-22-16-25(23-14-18-6-4-11-28(18)17-27-23)31-24-10-9-20(15-21(22)24)30-13-5-12-29-19-7-2-1-3-8-19/h1-4,6-11,14-17,26H,5,12-13H2. The van der Waals surface area contributed by atoms with E-state index in [-0.39, 0.29) is 0 Å². The van der Waals surface area contributed by atoms with Crippen molar-refractivity contribution < 1.29 is 13.9 Å². The van der Waals surface area contributed by atoms with Crippen LogP contribution in [-0.2, 0) is 0 Å². The molecule has 0 aliphatic heterocycles. The molecule has 0 aliphatic carbocycles. The Labute approximate surface area is 178 Å². The molecule has 3 aromatic heterocycles. The van der Waals surface area contributed by atoms with Crippen LogP contribution in [0.15, 0.2) is 89.7 Å². The summed E-state index contributed by atoms with van der Waals surface area (Å²) < 4.78 is 19.5. The molecule has 6 nitrogen and oxygen atoms in total. The minimum absolute atomic E-state index is 0.367. The van der Waals surface area contributed by atoms with E-state index in [2.05, 4.69) is 4.98 Å². The maximum absolute atomic E-state index is 8.45. The molecule has 0 bridgehead atoms. The Hall–Kier alpha value is -4.06. The van der Waals surface area contributed by atoms with Crippen LogP contribution < -0.4 is 14.8 Å². The summed E-state index contributed by atoms with van der Waals surface area (Å²) in [5.74, 6) is 2.12. The van der Waals surface area contributed by atoms with E-state index < -0.39 is 0 Å². The van der Waals surface area contributed by atoms with Gasteiger partial charge in [-0.15, -0.1) is 0 Å². The molecular formula is C25H21N3O3. The van der Waals surface area contributed by atoms with Crippen LogP contribution in [0.25, 0.3) is 27.9 Å². The van der Waals surface area contributed by atoms with Crippen LogP contribution in [0, 0.1) is 5.41 Å². The van der Waals surface area contributed by atoms with Crippen molar-refractivity contribution in [1.82, 2.24) is 9.38 Å². The molecule has 31 heavy (non-hydrogen) atoms. The highest BCUT2D eigenvalue weighted by atomic mass is 16.5. The highest BCUT2D eigenvalue weighted by Crippen LogP contribution is 2.24. The maximum atomic E-state index is 8.45. The molecule has 0 saturated heterocycles. The van der Waals surface area contributed by atoms with Crippen molar-refractivity contribution in [2.45, 2.75) is 6.42 Å². The summed E-state index contributed by atoms with van der Waals surface area (Å²) in [7, 11) is 0. The van der Waals surface area contributed by atoms with E-state index in [1.807, 2.05) is 77.3 Å². The predicted octanol–water partition coefficient (Wildman–Crippen LogP) is 5.07. The van der Waals surface area contributed by atoms with Gasteiger partial charge in [-0.2, -0.15) is 0 Å². The molecule has 0 saturated carbocycles. The Morgan fingerprint density at radius 1 is 0.871 bits per heavy atom. The molecule has 1 N–H and O–H groups in total. The first-order valence-corrected chi connectivity index (χ1v) is 10.1. The van der Waals surface area contributed by atoms with Crippen LogP contribution in [0.3, 0.4) is 0 Å². The summed E-state index contributed by atoms with van der Waals surface area (Å²) in [6.07, 6.45) is 4.44. The molecule has 0 amide bonds. The fourth-order valence-electron chi connectivity index (χ4n) is 3.41. The highest BCUT2D eigenvalue weighted by Gasteiger charge is 2.09. The topological polar surface area (TPSA) is 72.8 Å². The number of para-hydroxylation sites is 1. The van der Waals surface area contributed by atoms with E-state index in [0.29, 0.717) is 46.7 Å². The van der Waals surface area contributed by atoms with E-state index in [0.717, 1.165) is 17.7 Å². The Bertz CT molecular complexity index is 1390. The van der Waals surface area contributed by atoms with Crippen LogP contribution in [0.2, 0.25) is 0 Å². The lowest BCUT2D eigenvalue weighted by Crippen LogP contribution is -2.06. The van der Waals surface area contributed by atoms with E-state index in [9.17, 15) is 0 Å². The second-order valence-corrected chi connectivity index (χ2v) is 7.16. The van der Waals surface area contributed by atoms with Gasteiger partial charge in [0.1, 0.15) is 22.8 Å². The Balaban J connectivity index is 1.28. The average Bonchev–Trinajstić information content (AvgIpc) is 3.28. The van der Waals surface area contributed by atoms with Gasteiger partial charge in [-0.3, -0.25) is 5.41 Å². The van der Waals surface area contributed by atoms with Gasteiger partial charge in [-0.1, -0.05) is 18.2 Å². The molecule has 0 fully saturated rings. The number of hydrogen-bond donors (Lipinski definition) is 1. The molecular weight excluding hydrogens is 390 g/mol. The Morgan fingerprint density at radius 3 is 2.58 bits per heavy atom. The summed E-state index contributed by atoms with van der Waals surface area (Å²) >= 11 is 0. The predicted molar refractivity (Wildman–Crippen MR) is 118 cm³/mol. The van der Waals surface area contributed by atoms with Gasteiger partial charge >= 0.3 is 0 Å². The van der Waals surface area contributed by atoms with E-state index in [1.54, 1.807) is 12.4 Å². The number of rotatable bonds is 7. The van der Waals surface area contributed by atoms with Gasteiger partial charge in [-0.25, -0.2) is 4.98 Å². The molecule has 5 rings (SSSR count). The monoisotopic (exact) mass is 411 g/mol. The fraction of sp³-hybridized carbons (Fsp3) is 0.120. The highest BCUT2D eigenvalue weighted by molar-refractivity contribution is 5.79. The fourth-order valence-corrected chi connectivity index (χ4v) is 3.41. The first-order chi connectivity index (χ1) is 15.3. The lowest BCUT2D eigenvalue weighted by atomic mass is 10.2. The first kappa shape index (κ1) is 18.9. The molecule has 0 spiro atoms. The minimum Gasteiger partial charge on any atom is -0.493 e. The molecule has 0 unspecified atom stereocenters. The van der Waals surface area contributed by atoms with Gasteiger partial charge in [0, 0.05) is 29.6 Å². The third kappa shape index (κ3) is 4.14. The minimum atomic E-state index is 0.367. The number of benzene rings is 2. The molecule has 2 aromatic carbocycles. The molecule has 0 atom stereocenters. The maximum Gasteiger partial charge on any atom is 0.155 e. The lowest BCUT2D eigenvalue weighted by Gasteiger charge is -2.09. The smallest absolute Gasteiger partial charge is 0.155 e. The van der Waals surface area contributed by atoms with Crippen LogP contribution in [0.1, 0.15) is 6.42 Å². The van der Waals surface area contributed by atoms with Gasteiger partial charge < -0.3 is 18.3 Å². The van der Waals surface area contributed by atoms with Gasteiger partial charge in [0.15, 0.2) is 5.76 Å². The summed E-state index contributed by atoms with van der Waals surface area (Å²) in [4.78, 5) is 4.44. The summed E-state index contributed by atoms with van der Waals surface area (Å²) in [6, 6.07) is 22.9. The Morgan fingerprint density at radius 2 is 1.71 bits per heavy atom. The zero-order valence-corrected chi connectivity index (χ0v) is 16.8. The van der Waals surface area contributed by atoms with Crippen molar-refractivity contribution in [2.75, 3.05) is 13.2 Å². The summed E-state index contributed by atoms with van der Waals surface area (Å²) in [5, 5.41) is 9.52. The SMILES string of the molecule is N=c1cc(-c2cc3cccn3cn2)oc2ccc(OCCCOc3ccccc3)cc12. The summed E-state index contributed by atoms with van der Waals surface area (Å²) in [5.41, 5.74) is 2.34. The third-order valence-electron chi connectivity index (χ3n) is 4.98. The lowest BCUT2D eigenvalue weighted by molar-refractivity contribution is 0.247. The van der Waals surface area contributed by atoms with Crippen LogP contribution in [0.5, 0.6) is 11.5 Å². The molecule has 0 radical (unpaired) electrons. The van der Waals surface area contributed by atoms with E-state index in [1.165, 1.54) is 0 Å². The largest absolute Gasteiger partial charge is 0.493 e. The Kier molecular flexibility index (Phi) is 5.10. The normalized spacial score (nSPS) is 11.1. The van der Waals surface area contributed by atoms with Gasteiger partial charge in [0.2, 0.25) is 0 Å². The third-order valence-corrected chi connectivity index (χ3v) is 4.98. The molecule has 0 aliphatic rings. The molecule has 154 valence electrons. The zero-order chi connectivity index (χ0) is 21.0. The van der Waals surface area contributed by atoms with Crippen molar-refractivity contribution in [3.05, 3.63) is 90.7 Å². The quantitative estimate of drug-likeness (QED) is 0.379. The number of nitrogens with zero attached hydrogens (tertiary/aromatic N) is 2. The van der Waals surface area contributed by atoms with Crippen molar-refractivity contribution in [2.24, 2.45) is 0 Å². The van der Waals surface area contributed by atoms with Gasteiger partial charge in [-0.05, 0) is 48.5 Å². The van der Waals surface area contributed by atoms with Crippen LogP contribution in [-0.4, -0.2) is 22.6 Å². The first-order valence-electron chi connectivity index (χ1n) is 10.1. The van der Waals surface area contributed by atoms with E-state index >= 15 is 0 Å². The molecule has 6 heteroatoms. The van der Waals surface area contributed by atoms with Crippen LogP contribution >= 0.6 is 0 Å². The number of aromatic nitrogens is 2. The number of nitrogens with one attached hydrogen (secondary N) is 1. The van der Waals surface area contributed by atoms with Gasteiger partial charge in [0.05, 0.1) is 24.9 Å². The second-order valence-electron chi connectivity index (χ2n) is 7.16. The van der Waals surface area contributed by atoms with E-state index in [4.69, 9.17) is 19.3 Å². The number of hydrogen-bond acceptors (Lipinski definition) is 5. The number of fused-ring (bicyclic) bond motifs is 2. The number of ether oxygens (including phenoxy) is 2. The molecule has 5 aromatic rings.